The lowest BCUT2D eigenvalue weighted by Crippen LogP contribution is -2.03. The van der Waals surface area contributed by atoms with Crippen molar-refractivity contribution in [1.82, 2.24) is 23.9 Å². The molecule has 0 saturated carbocycles. The van der Waals surface area contributed by atoms with Crippen LogP contribution in [0.5, 0.6) is 11.5 Å². The number of hydrogen-bond acceptors (Lipinski definition) is 3. The zero-order valence-corrected chi connectivity index (χ0v) is 30.1. The molecule has 6 heteroatoms. The highest BCUT2D eigenvalue weighted by molar-refractivity contribution is 6.12. The number of aromatic nitrogens is 5. The molecule has 0 radical (unpaired) electrons. The van der Waals surface area contributed by atoms with Crippen molar-refractivity contribution in [3.63, 3.8) is 0 Å². The molecule has 10 rings (SSSR count). The van der Waals surface area contributed by atoms with Crippen LogP contribution >= 0.6 is 0 Å². The molecule has 0 unspecified atom stereocenters. The van der Waals surface area contributed by atoms with Crippen molar-refractivity contribution < 1.29 is 4.74 Å². The van der Waals surface area contributed by atoms with E-state index in [2.05, 4.69) is 125 Å². The van der Waals surface area contributed by atoms with E-state index >= 15 is 0 Å². The second-order valence-corrected chi connectivity index (χ2v) is 13.7. The van der Waals surface area contributed by atoms with Gasteiger partial charge in [0, 0.05) is 57.7 Å². The summed E-state index contributed by atoms with van der Waals surface area (Å²) >= 11 is 0. The Balaban J connectivity index is 1.09. The molecule has 0 aliphatic rings. The Morgan fingerprint density at radius 3 is 1.98 bits per heavy atom. The molecular weight excluding hydrogens is 663 g/mol. The van der Waals surface area contributed by atoms with Gasteiger partial charge in [-0.05, 0) is 65.9 Å². The number of benzene rings is 6. The Hall–Kier alpha value is -6.92. The van der Waals surface area contributed by atoms with Gasteiger partial charge in [-0.15, -0.1) is 0 Å². The van der Waals surface area contributed by atoms with Crippen molar-refractivity contribution in [2.45, 2.75) is 26.7 Å². The highest BCUT2D eigenvalue weighted by Crippen LogP contribution is 2.39. The van der Waals surface area contributed by atoms with Crippen LogP contribution in [0.25, 0.3) is 71.9 Å². The third-order valence-electron chi connectivity index (χ3n) is 10.6. The maximum Gasteiger partial charge on any atom is 0.139 e. The molecule has 6 nitrogen and oxygen atoms in total. The van der Waals surface area contributed by atoms with E-state index in [1.807, 2.05) is 71.8 Å². The highest BCUT2D eigenvalue weighted by atomic mass is 16.5. The van der Waals surface area contributed by atoms with Crippen LogP contribution in [0.2, 0.25) is 0 Å². The largest absolute Gasteiger partial charge is 0.457 e. The molecule has 0 N–H and O–H groups in total. The molecule has 0 amide bonds. The molecule has 0 bridgehead atoms. The third-order valence-corrected chi connectivity index (χ3v) is 10.6. The van der Waals surface area contributed by atoms with E-state index in [1.54, 1.807) is 0 Å². The number of ether oxygens (including phenoxy) is 1. The van der Waals surface area contributed by atoms with E-state index in [-0.39, 0.29) is 0 Å². The van der Waals surface area contributed by atoms with Crippen LogP contribution in [0.15, 0.2) is 164 Å². The summed E-state index contributed by atoms with van der Waals surface area (Å²) in [5, 5.41) is 9.52. The average molecular weight is 700 g/mol. The van der Waals surface area contributed by atoms with Gasteiger partial charge in [-0.1, -0.05) is 105 Å². The van der Waals surface area contributed by atoms with Gasteiger partial charge >= 0.3 is 0 Å². The Kier molecular flexibility index (Phi) is 7.62. The Bertz CT molecular complexity index is 2940. The van der Waals surface area contributed by atoms with Gasteiger partial charge in [-0.25, -0.2) is 9.67 Å². The smallest absolute Gasteiger partial charge is 0.139 e. The molecule has 54 heavy (non-hydrogen) atoms. The molecule has 0 saturated heterocycles. The summed E-state index contributed by atoms with van der Waals surface area (Å²) in [7, 11) is 0. The van der Waals surface area contributed by atoms with Gasteiger partial charge in [0.05, 0.1) is 39.6 Å². The topological polar surface area (TPSA) is 49.8 Å². The first-order valence-corrected chi connectivity index (χ1v) is 18.6. The monoisotopic (exact) mass is 699 g/mol. The lowest BCUT2D eigenvalue weighted by Gasteiger charge is -2.15. The van der Waals surface area contributed by atoms with Gasteiger partial charge in [0.2, 0.25) is 0 Å². The second-order valence-electron chi connectivity index (χ2n) is 13.7. The minimum Gasteiger partial charge on any atom is -0.457 e. The predicted octanol–water partition coefficient (Wildman–Crippen LogP) is 12.0. The van der Waals surface area contributed by atoms with Crippen LogP contribution in [-0.2, 0) is 12.8 Å². The SMILES string of the molecule is CCc1cccc2c3cccc(CC)c3n(-c3ccnc(-n4c5ccccc5c5ccc(Oc6cccc(-n7cc(-c8ccccc8)cn7)c6)cc54)c3)c12. The molecule has 6 aromatic carbocycles. The van der Waals surface area contributed by atoms with E-state index in [9.17, 15) is 0 Å². The van der Waals surface area contributed by atoms with Crippen molar-refractivity contribution >= 4 is 43.6 Å². The van der Waals surface area contributed by atoms with Crippen molar-refractivity contribution in [1.29, 1.82) is 0 Å². The first-order valence-electron chi connectivity index (χ1n) is 18.6. The maximum absolute atomic E-state index is 6.58. The number of para-hydroxylation sites is 3. The van der Waals surface area contributed by atoms with Gasteiger partial charge in [0.25, 0.3) is 0 Å². The number of rotatable bonds is 8. The number of aryl methyl sites for hydroxylation is 2. The number of fused-ring (bicyclic) bond motifs is 6. The Morgan fingerprint density at radius 2 is 1.20 bits per heavy atom. The summed E-state index contributed by atoms with van der Waals surface area (Å²) in [6.07, 6.45) is 7.78. The van der Waals surface area contributed by atoms with Gasteiger partial charge in [-0.2, -0.15) is 5.10 Å². The van der Waals surface area contributed by atoms with E-state index in [1.165, 1.54) is 38.3 Å². The zero-order chi connectivity index (χ0) is 36.2. The lowest BCUT2D eigenvalue weighted by atomic mass is 10.1. The highest BCUT2D eigenvalue weighted by Gasteiger charge is 2.19. The summed E-state index contributed by atoms with van der Waals surface area (Å²) in [5.74, 6) is 2.33. The van der Waals surface area contributed by atoms with Crippen LogP contribution in [0.4, 0.5) is 0 Å². The third kappa shape index (κ3) is 5.18. The minimum absolute atomic E-state index is 0.733. The zero-order valence-electron chi connectivity index (χ0n) is 30.1. The molecule has 0 spiro atoms. The van der Waals surface area contributed by atoms with E-state index in [4.69, 9.17) is 9.72 Å². The van der Waals surface area contributed by atoms with Crippen LogP contribution in [0, 0.1) is 0 Å². The Labute approximate surface area is 313 Å². The number of nitrogens with zero attached hydrogens (tertiary/aromatic N) is 5. The molecule has 0 aliphatic carbocycles. The van der Waals surface area contributed by atoms with Crippen molar-refractivity contribution in [3.05, 3.63) is 175 Å². The van der Waals surface area contributed by atoms with Crippen LogP contribution in [0.3, 0.4) is 0 Å². The first kappa shape index (κ1) is 31.8. The molecule has 0 fully saturated rings. The van der Waals surface area contributed by atoms with E-state index in [0.717, 1.165) is 69.1 Å². The summed E-state index contributed by atoms with van der Waals surface area (Å²) < 4.78 is 13.2. The van der Waals surface area contributed by atoms with Crippen molar-refractivity contribution in [2.24, 2.45) is 0 Å². The second kappa shape index (κ2) is 12.9. The molecule has 260 valence electrons. The van der Waals surface area contributed by atoms with Gasteiger partial charge in [0.15, 0.2) is 0 Å². The molecule has 10 aromatic rings. The summed E-state index contributed by atoms with van der Waals surface area (Å²) in [6.45, 7) is 4.48. The van der Waals surface area contributed by atoms with E-state index in [0.29, 0.717) is 0 Å². The predicted molar refractivity (Wildman–Crippen MR) is 221 cm³/mol. The fourth-order valence-corrected chi connectivity index (χ4v) is 8.09. The van der Waals surface area contributed by atoms with Crippen molar-refractivity contribution in [2.75, 3.05) is 0 Å². The summed E-state index contributed by atoms with van der Waals surface area (Å²) in [4.78, 5) is 5.02. The van der Waals surface area contributed by atoms with Gasteiger partial charge in [0.1, 0.15) is 17.3 Å². The summed E-state index contributed by atoms with van der Waals surface area (Å²) in [6, 6.07) is 51.0. The van der Waals surface area contributed by atoms with E-state index < -0.39 is 0 Å². The number of pyridine rings is 1. The standard InChI is InChI=1S/C48H37N5O/c1-3-32-15-10-20-42-43-21-11-16-33(4-2)48(43)52(47(32)42)37-25-26-49-46(28-37)53-44-22-9-8-19-40(44)41-24-23-39(29-45(41)53)54-38-18-12-17-36(27-38)51-31-35(30-50-51)34-13-6-5-7-14-34/h5-31H,3-4H2,1-2H3. The fraction of sp³-hybridized carbons (Fsp3) is 0.0833. The van der Waals surface area contributed by atoms with Gasteiger partial charge < -0.3 is 9.30 Å². The molecule has 4 heterocycles. The minimum atomic E-state index is 0.733. The number of hydrogen-bond donors (Lipinski definition) is 0. The molecule has 0 atom stereocenters. The van der Waals surface area contributed by atoms with Crippen molar-refractivity contribution in [3.8, 4) is 39.8 Å². The lowest BCUT2D eigenvalue weighted by molar-refractivity contribution is 0.483. The average Bonchev–Trinajstić information content (AvgIpc) is 3.95. The molecule has 4 aromatic heterocycles. The fourth-order valence-electron chi connectivity index (χ4n) is 8.09. The molecule has 0 aliphatic heterocycles. The Morgan fingerprint density at radius 1 is 0.519 bits per heavy atom. The van der Waals surface area contributed by atoms with Crippen LogP contribution in [-0.4, -0.2) is 23.9 Å². The summed E-state index contributed by atoms with van der Waals surface area (Å²) in [5.41, 5.74) is 11.5. The molecular formula is C48H37N5O. The van der Waals surface area contributed by atoms with Gasteiger partial charge in [-0.3, -0.25) is 4.57 Å². The van der Waals surface area contributed by atoms with Crippen LogP contribution in [0.1, 0.15) is 25.0 Å². The maximum atomic E-state index is 6.58. The normalized spacial score (nSPS) is 11.7. The quantitative estimate of drug-likeness (QED) is 0.159. The van der Waals surface area contributed by atoms with Crippen LogP contribution < -0.4 is 4.74 Å². The first-order chi connectivity index (χ1) is 26.7.